The largest absolute Gasteiger partial charge is 0.497 e. The molecule has 0 fully saturated rings. The van der Waals surface area contributed by atoms with Gasteiger partial charge in [0.15, 0.2) is 0 Å². The molecule has 31 heavy (non-hydrogen) atoms. The molecule has 160 valence electrons. The van der Waals surface area contributed by atoms with E-state index >= 15 is 0 Å². The third kappa shape index (κ3) is 4.44. The normalized spacial score (nSPS) is 18.6. The number of aromatic nitrogens is 4. The van der Waals surface area contributed by atoms with Crippen LogP contribution in [0.1, 0.15) is 19.3 Å². The van der Waals surface area contributed by atoms with Gasteiger partial charge in [0.25, 0.3) is 0 Å². The van der Waals surface area contributed by atoms with Crippen LogP contribution in [0, 0.1) is 0 Å². The third-order valence-corrected chi connectivity index (χ3v) is 4.42. The summed E-state index contributed by atoms with van der Waals surface area (Å²) in [6, 6.07) is 7.77. The van der Waals surface area contributed by atoms with Gasteiger partial charge in [-0.2, -0.15) is 5.10 Å². The predicted molar refractivity (Wildman–Crippen MR) is 120 cm³/mol. The number of rotatable bonds is 7. The van der Waals surface area contributed by atoms with Crippen LogP contribution in [0.15, 0.2) is 55.0 Å². The highest BCUT2D eigenvalue weighted by Crippen LogP contribution is 2.34. The highest BCUT2D eigenvalue weighted by molar-refractivity contribution is 5.82. The van der Waals surface area contributed by atoms with Crippen LogP contribution in [0.5, 0.6) is 11.5 Å². The molecule has 0 aliphatic heterocycles. The van der Waals surface area contributed by atoms with Crippen LogP contribution >= 0.6 is 0 Å². The number of nitrogens with zero attached hydrogens (tertiary/aromatic N) is 5. The first-order valence-electron chi connectivity index (χ1n) is 13.6. The van der Waals surface area contributed by atoms with E-state index in [0.717, 1.165) is 30.0 Å². The minimum atomic E-state index is -2.93. The van der Waals surface area contributed by atoms with E-state index in [0.29, 0.717) is 22.3 Å². The smallest absolute Gasteiger partial charge is 0.124 e. The highest BCUT2D eigenvalue weighted by atomic mass is 16.5. The molecule has 0 aliphatic carbocycles. The Hall–Kier alpha value is -3.65. The first-order valence-corrected chi connectivity index (χ1v) is 9.14. The van der Waals surface area contributed by atoms with Crippen molar-refractivity contribution in [2.24, 2.45) is 7.05 Å². The summed E-state index contributed by atoms with van der Waals surface area (Å²) in [7, 11) is -4.11. The van der Waals surface area contributed by atoms with E-state index in [1.165, 1.54) is 12.1 Å². The zero-order valence-corrected chi connectivity index (χ0v) is 16.7. The van der Waals surface area contributed by atoms with Crippen molar-refractivity contribution in [1.82, 2.24) is 19.7 Å². The fourth-order valence-corrected chi connectivity index (χ4v) is 3.08. The number of hydrogen-bond acceptors (Lipinski definition) is 7. The summed E-state index contributed by atoms with van der Waals surface area (Å²) < 4.78 is 81.7. The van der Waals surface area contributed by atoms with Crippen LogP contribution in [0.4, 0.5) is 11.4 Å². The van der Waals surface area contributed by atoms with E-state index in [2.05, 4.69) is 15.1 Å². The fraction of sp³-hybridized carbons (Fsp3) is 0.261. The zero-order valence-electron chi connectivity index (χ0n) is 25.7. The van der Waals surface area contributed by atoms with Crippen molar-refractivity contribution in [3.8, 4) is 22.8 Å². The molecule has 0 amide bonds. The number of benzene rings is 2. The van der Waals surface area contributed by atoms with Gasteiger partial charge in [0.2, 0.25) is 0 Å². The summed E-state index contributed by atoms with van der Waals surface area (Å²) in [5.74, 6) is -0.719. The topological polar surface area (TPSA) is 85.5 Å². The molecule has 1 unspecified atom stereocenters. The number of ether oxygens (including phenoxy) is 2. The van der Waals surface area contributed by atoms with Gasteiger partial charge in [-0.3, -0.25) is 9.67 Å². The molecular formula is C23H25N5O3. The van der Waals surface area contributed by atoms with Crippen LogP contribution in [0.2, 0.25) is 0 Å². The molecular weight excluding hydrogens is 394 g/mol. The summed E-state index contributed by atoms with van der Waals surface area (Å²) >= 11 is 0. The summed E-state index contributed by atoms with van der Waals surface area (Å²) in [6.45, 7) is -1.94. The SMILES string of the molecule is [2H]C([2H])([2H])Oc1cc(OC([2H])([2H])[2H])cc(N(c2ccc3ncc(-c4cnn(C)c4)nc3c2)C([2H])([2H])C([2H])(C)O)c1. The third-order valence-electron chi connectivity index (χ3n) is 4.42. The van der Waals surface area contributed by atoms with E-state index in [1.807, 2.05) is 0 Å². The van der Waals surface area contributed by atoms with Crippen molar-refractivity contribution in [3.05, 3.63) is 55.0 Å². The molecule has 4 rings (SSSR count). The second-order valence-electron chi connectivity index (χ2n) is 6.73. The fourth-order valence-electron chi connectivity index (χ4n) is 3.08. The van der Waals surface area contributed by atoms with Crippen molar-refractivity contribution in [1.29, 1.82) is 0 Å². The lowest BCUT2D eigenvalue weighted by Crippen LogP contribution is -2.26. The van der Waals surface area contributed by atoms with Crippen LogP contribution in [0.3, 0.4) is 0 Å². The minimum absolute atomic E-state index is 0.0773. The molecule has 0 radical (unpaired) electrons. The first kappa shape index (κ1) is 12.3. The van der Waals surface area contributed by atoms with Gasteiger partial charge < -0.3 is 19.5 Å². The van der Waals surface area contributed by atoms with Crippen molar-refractivity contribution in [2.45, 2.75) is 13.0 Å². The van der Waals surface area contributed by atoms with E-state index < -0.39 is 26.7 Å². The van der Waals surface area contributed by atoms with Crippen LogP contribution in [-0.4, -0.2) is 51.5 Å². The van der Waals surface area contributed by atoms with E-state index in [9.17, 15) is 5.11 Å². The Balaban J connectivity index is 1.93. The Morgan fingerprint density at radius 2 is 1.90 bits per heavy atom. The van der Waals surface area contributed by atoms with Crippen molar-refractivity contribution >= 4 is 22.4 Å². The Morgan fingerprint density at radius 3 is 2.55 bits per heavy atom. The molecule has 0 saturated heterocycles. The van der Waals surface area contributed by atoms with Gasteiger partial charge in [0, 0.05) is 54.9 Å². The molecule has 1 N–H and O–H groups in total. The first-order chi connectivity index (χ1) is 18.3. The molecule has 8 heteroatoms. The predicted octanol–water partition coefficient (Wildman–Crippen LogP) is 3.57. The summed E-state index contributed by atoms with van der Waals surface area (Å²) in [4.78, 5) is 9.90. The van der Waals surface area contributed by atoms with Gasteiger partial charge in [-0.05, 0) is 25.1 Å². The zero-order chi connectivity index (χ0) is 29.7. The van der Waals surface area contributed by atoms with Crippen LogP contribution < -0.4 is 14.4 Å². The van der Waals surface area contributed by atoms with E-state index in [-0.39, 0.29) is 22.9 Å². The minimum Gasteiger partial charge on any atom is -0.497 e. The van der Waals surface area contributed by atoms with Crippen LogP contribution in [-0.2, 0) is 7.05 Å². The summed E-state index contributed by atoms with van der Waals surface area (Å²) in [5, 5.41) is 14.7. The summed E-state index contributed by atoms with van der Waals surface area (Å²) in [5.41, 5.74) is 1.87. The maximum atomic E-state index is 10.5. The van der Waals surface area contributed by atoms with Crippen molar-refractivity contribution < 1.29 is 26.9 Å². The number of anilines is 2. The van der Waals surface area contributed by atoms with Gasteiger partial charge in [-0.25, -0.2) is 4.98 Å². The van der Waals surface area contributed by atoms with Crippen LogP contribution in [0.25, 0.3) is 22.3 Å². The standard InChI is InChI=1S/C23H25N5O3/c1-15(29)13-28(18-7-19(30-3)10-20(8-18)31-4)17-5-6-21-22(9-17)26-23(12-24-21)16-11-25-27(2)14-16/h5-12,14-15,29H,13H2,1-4H3/i3D3,4D3,13D2,15D. The Bertz CT molecular complexity index is 1500. The second-order valence-corrected chi connectivity index (χ2v) is 6.73. The quantitative estimate of drug-likeness (QED) is 0.482. The number of fused-ring (bicyclic) bond motifs is 1. The number of hydrogen-bond donors (Lipinski definition) is 1. The molecule has 2 aromatic carbocycles. The van der Waals surface area contributed by atoms with E-state index in [1.54, 1.807) is 36.4 Å². The summed E-state index contributed by atoms with van der Waals surface area (Å²) in [6.07, 6.45) is 2.17. The molecule has 2 heterocycles. The molecule has 0 bridgehead atoms. The van der Waals surface area contributed by atoms with Crippen molar-refractivity contribution in [3.63, 3.8) is 0 Å². The van der Waals surface area contributed by atoms with Gasteiger partial charge in [-0.15, -0.1) is 0 Å². The Morgan fingerprint density at radius 1 is 1.13 bits per heavy atom. The number of aryl methyl sites for hydroxylation is 1. The molecule has 1 atom stereocenters. The molecule has 0 saturated carbocycles. The number of methoxy groups -OCH3 is 2. The average Bonchev–Trinajstić information content (AvgIpc) is 3.21. The Kier molecular flexibility index (Phi) is 3.41. The lowest BCUT2D eigenvalue weighted by Gasteiger charge is -2.27. The average molecular weight is 429 g/mol. The molecule has 0 aliphatic rings. The lowest BCUT2D eigenvalue weighted by molar-refractivity contribution is 0.203. The second kappa shape index (κ2) is 8.61. The monoisotopic (exact) mass is 428 g/mol. The maximum absolute atomic E-state index is 10.5. The molecule has 0 spiro atoms. The van der Waals surface area contributed by atoms with Gasteiger partial charge in [0.1, 0.15) is 11.5 Å². The molecule has 8 nitrogen and oxygen atoms in total. The Labute approximate surface area is 193 Å². The van der Waals surface area contributed by atoms with Crippen molar-refractivity contribution in [2.75, 3.05) is 25.5 Å². The van der Waals surface area contributed by atoms with Gasteiger partial charge in [0.05, 0.1) is 61.6 Å². The van der Waals surface area contributed by atoms with E-state index in [4.69, 9.17) is 21.8 Å². The lowest BCUT2D eigenvalue weighted by atomic mass is 10.1. The highest BCUT2D eigenvalue weighted by Gasteiger charge is 2.16. The van der Waals surface area contributed by atoms with Gasteiger partial charge >= 0.3 is 0 Å². The maximum Gasteiger partial charge on any atom is 0.124 e. The number of aliphatic hydroxyl groups is 1. The molecule has 2 aromatic heterocycles. The molecule has 4 aromatic rings. The van der Waals surface area contributed by atoms with Gasteiger partial charge in [-0.1, -0.05) is 0 Å².